The van der Waals surface area contributed by atoms with Crippen LogP contribution in [0.1, 0.15) is 39.2 Å². The number of nitrogens with zero attached hydrogens (tertiary/aromatic N) is 3. The van der Waals surface area contributed by atoms with Gasteiger partial charge in [-0.05, 0) is 26.3 Å². The number of aryl methyl sites for hydroxylation is 3. The Morgan fingerprint density at radius 3 is 2.68 bits per heavy atom. The summed E-state index contributed by atoms with van der Waals surface area (Å²) in [6.07, 6.45) is 0.892. The molecular formula is C21H20N4O2S. The maximum absolute atomic E-state index is 13.0. The molecule has 0 spiro atoms. The van der Waals surface area contributed by atoms with Crippen LogP contribution in [-0.2, 0) is 13.0 Å². The number of nitrogens with one attached hydrogen (secondary N) is 1. The van der Waals surface area contributed by atoms with Crippen molar-refractivity contribution >= 4 is 28.3 Å². The van der Waals surface area contributed by atoms with Gasteiger partial charge < -0.3 is 9.84 Å². The molecule has 0 bridgehead atoms. The van der Waals surface area contributed by atoms with Crippen LogP contribution < -0.4 is 5.32 Å². The third-order valence-electron chi connectivity index (χ3n) is 4.54. The average Bonchev–Trinajstić information content (AvgIpc) is 3.32. The first-order valence-electron chi connectivity index (χ1n) is 9.10. The predicted octanol–water partition coefficient (Wildman–Crippen LogP) is 4.46. The Bertz CT molecular complexity index is 1150. The minimum atomic E-state index is -0.196. The first-order valence-corrected chi connectivity index (χ1v) is 9.98. The van der Waals surface area contributed by atoms with Gasteiger partial charge in [0, 0.05) is 10.9 Å². The lowest BCUT2D eigenvalue weighted by Crippen LogP contribution is -2.23. The molecule has 0 saturated carbocycles. The van der Waals surface area contributed by atoms with Crippen molar-refractivity contribution in [2.24, 2.45) is 0 Å². The molecule has 0 aliphatic carbocycles. The van der Waals surface area contributed by atoms with Gasteiger partial charge in [0.25, 0.3) is 11.6 Å². The summed E-state index contributed by atoms with van der Waals surface area (Å²) in [6.45, 7) is 6.28. The Morgan fingerprint density at radius 2 is 1.96 bits per heavy atom. The fourth-order valence-electron chi connectivity index (χ4n) is 3.00. The highest BCUT2D eigenvalue weighted by Crippen LogP contribution is 2.27. The smallest absolute Gasteiger partial charge is 0.259 e. The van der Waals surface area contributed by atoms with Gasteiger partial charge in [0.05, 0.1) is 39.6 Å². The number of carbonyl (C=O) groups excluding carboxylic acids is 1. The number of carbonyl (C=O) groups is 1. The molecule has 1 aromatic carbocycles. The van der Waals surface area contributed by atoms with Crippen molar-refractivity contribution in [1.29, 1.82) is 0 Å². The summed E-state index contributed by atoms with van der Waals surface area (Å²) >= 11 is 1.61. The Hall–Kier alpha value is -3.06. The van der Waals surface area contributed by atoms with Gasteiger partial charge in [0.1, 0.15) is 0 Å². The van der Waals surface area contributed by atoms with Crippen LogP contribution in [0.5, 0.6) is 0 Å². The van der Waals surface area contributed by atoms with Gasteiger partial charge in [-0.25, -0.2) is 9.97 Å². The van der Waals surface area contributed by atoms with Crippen LogP contribution >= 0.6 is 11.3 Å². The summed E-state index contributed by atoms with van der Waals surface area (Å²) in [7, 11) is 0. The maximum Gasteiger partial charge on any atom is 0.259 e. The fraction of sp³-hybridized carbons (Fsp3) is 0.238. The van der Waals surface area contributed by atoms with E-state index >= 15 is 0 Å². The molecule has 0 aliphatic rings. The van der Waals surface area contributed by atoms with E-state index in [0.29, 0.717) is 34.6 Å². The lowest BCUT2D eigenvalue weighted by molar-refractivity contribution is 0.0952. The van der Waals surface area contributed by atoms with Gasteiger partial charge in [-0.15, -0.1) is 11.3 Å². The molecule has 4 aromatic rings. The molecule has 0 aliphatic heterocycles. The third kappa shape index (κ3) is 3.53. The normalized spacial score (nSPS) is 11.1. The number of thiazole rings is 1. The zero-order valence-electron chi connectivity index (χ0n) is 15.9. The maximum atomic E-state index is 13.0. The second-order valence-corrected chi connectivity index (χ2v) is 7.58. The number of pyridine rings is 1. The van der Waals surface area contributed by atoms with Crippen molar-refractivity contribution in [1.82, 2.24) is 20.4 Å². The van der Waals surface area contributed by atoms with E-state index in [9.17, 15) is 4.79 Å². The number of hydrogen-bond donors (Lipinski definition) is 1. The van der Waals surface area contributed by atoms with Crippen LogP contribution in [-0.4, -0.2) is 21.0 Å². The summed E-state index contributed by atoms with van der Waals surface area (Å²) in [5.74, 6) is -0.196. The van der Waals surface area contributed by atoms with Gasteiger partial charge in [-0.1, -0.05) is 41.9 Å². The van der Waals surface area contributed by atoms with Crippen LogP contribution in [0.3, 0.4) is 0 Å². The molecule has 0 atom stereocenters. The van der Waals surface area contributed by atoms with Gasteiger partial charge in [0.2, 0.25) is 0 Å². The zero-order chi connectivity index (χ0) is 19.7. The van der Waals surface area contributed by atoms with Crippen molar-refractivity contribution in [2.75, 3.05) is 0 Å². The van der Waals surface area contributed by atoms with Crippen LogP contribution in [0.25, 0.3) is 22.4 Å². The highest BCUT2D eigenvalue weighted by atomic mass is 32.1. The Labute approximate surface area is 166 Å². The van der Waals surface area contributed by atoms with Gasteiger partial charge in [-0.3, -0.25) is 4.79 Å². The van der Waals surface area contributed by atoms with E-state index in [2.05, 4.69) is 27.4 Å². The molecule has 7 heteroatoms. The monoisotopic (exact) mass is 392 g/mol. The Kier molecular flexibility index (Phi) is 4.92. The summed E-state index contributed by atoms with van der Waals surface area (Å²) in [6, 6.07) is 9.79. The molecule has 4 rings (SSSR count). The summed E-state index contributed by atoms with van der Waals surface area (Å²) in [5.41, 5.74) is 5.13. The Morgan fingerprint density at radius 1 is 1.18 bits per heavy atom. The van der Waals surface area contributed by atoms with E-state index in [0.717, 1.165) is 28.2 Å². The second kappa shape index (κ2) is 7.52. The molecule has 28 heavy (non-hydrogen) atoms. The molecule has 1 amide bonds. The molecular weight excluding hydrogens is 372 g/mol. The van der Waals surface area contributed by atoms with Crippen LogP contribution in [0.15, 0.2) is 40.2 Å². The highest BCUT2D eigenvalue weighted by molar-refractivity contribution is 7.09. The van der Waals surface area contributed by atoms with Crippen molar-refractivity contribution in [2.45, 2.75) is 33.7 Å². The van der Waals surface area contributed by atoms with Gasteiger partial charge in [-0.2, -0.15) is 0 Å². The van der Waals surface area contributed by atoms with Crippen molar-refractivity contribution in [3.8, 4) is 11.3 Å². The van der Waals surface area contributed by atoms with Crippen LogP contribution in [0.2, 0.25) is 0 Å². The quantitative estimate of drug-likeness (QED) is 0.542. The van der Waals surface area contributed by atoms with E-state index in [1.165, 1.54) is 0 Å². The Balaban J connectivity index is 1.68. The van der Waals surface area contributed by atoms with Crippen LogP contribution in [0, 0.1) is 13.8 Å². The minimum Gasteiger partial charge on any atom is -0.346 e. The number of aromatic nitrogens is 3. The SMILES string of the molecule is CCc1nc(CNC(=O)c2cc(-c3ccc(C)cc3)nc3onc(C)c23)cs1. The molecule has 0 saturated heterocycles. The molecule has 0 radical (unpaired) electrons. The molecule has 0 fully saturated rings. The first-order chi connectivity index (χ1) is 13.5. The molecule has 1 N–H and O–H groups in total. The number of benzene rings is 1. The zero-order valence-corrected chi connectivity index (χ0v) is 16.8. The number of amides is 1. The number of rotatable bonds is 5. The molecule has 0 unspecified atom stereocenters. The summed E-state index contributed by atoms with van der Waals surface area (Å²) in [5, 5.41) is 10.6. The summed E-state index contributed by atoms with van der Waals surface area (Å²) < 4.78 is 5.35. The lowest BCUT2D eigenvalue weighted by atomic mass is 10.0. The molecule has 3 aromatic heterocycles. The summed E-state index contributed by atoms with van der Waals surface area (Å²) in [4.78, 5) is 22.0. The van der Waals surface area contributed by atoms with E-state index in [-0.39, 0.29) is 5.91 Å². The van der Waals surface area contributed by atoms with Gasteiger partial charge in [0.15, 0.2) is 0 Å². The van der Waals surface area contributed by atoms with Gasteiger partial charge >= 0.3 is 0 Å². The van der Waals surface area contributed by atoms with Crippen molar-refractivity contribution in [3.05, 3.63) is 63.2 Å². The third-order valence-corrected chi connectivity index (χ3v) is 5.58. The minimum absolute atomic E-state index is 0.196. The lowest BCUT2D eigenvalue weighted by Gasteiger charge is -2.08. The fourth-order valence-corrected chi connectivity index (χ4v) is 3.75. The number of hydrogen-bond acceptors (Lipinski definition) is 6. The molecule has 6 nitrogen and oxygen atoms in total. The topological polar surface area (TPSA) is 80.9 Å². The standard InChI is InChI=1S/C21H20N4O2S/c1-4-18-23-15(11-28-18)10-22-20(26)16-9-17(14-7-5-12(2)6-8-14)24-21-19(16)13(3)25-27-21/h5-9,11H,4,10H2,1-3H3,(H,22,26). The average molecular weight is 392 g/mol. The van der Waals surface area contributed by atoms with E-state index in [1.54, 1.807) is 17.4 Å². The van der Waals surface area contributed by atoms with Crippen molar-refractivity contribution in [3.63, 3.8) is 0 Å². The number of fused-ring (bicyclic) bond motifs is 1. The predicted molar refractivity (Wildman–Crippen MR) is 109 cm³/mol. The largest absolute Gasteiger partial charge is 0.346 e. The highest BCUT2D eigenvalue weighted by Gasteiger charge is 2.19. The van der Waals surface area contributed by atoms with Crippen molar-refractivity contribution < 1.29 is 9.32 Å². The molecule has 3 heterocycles. The van der Waals surface area contributed by atoms with E-state index in [4.69, 9.17) is 4.52 Å². The first kappa shape index (κ1) is 18.3. The van der Waals surface area contributed by atoms with E-state index < -0.39 is 0 Å². The van der Waals surface area contributed by atoms with Crippen LogP contribution in [0.4, 0.5) is 0 Å². The second-order valence-electron chi connectivity index (χ2n) is 6.64. The van der Waals surface area contributed by atoms with E-state index in [1.807, 2.05) is 43.5 Å². The molecule has 142 valence electrons.